The number of nitrogens with one attached hydrogen (secondary N) is 1. The zero-order valence-electron chi connectivity index (χ0n) is 18.1. The molecule has 0 saturated heterocycles. The van der Waals surface area contributed by atoms with Crippen LogP contribution in [0.25, 0.3) is 0 Å². The van der Waals surface area contributed by atoms with Crippen molar-refractivity contribution in [2.45, 2.75) is 53.4 Å². The van der Waals surface area contributed by atoms with Crippen LogP contribution in [0.4, 0.5) is 0 Å². The second-order valence-electron chi connectivity index (χ2n) is 6.45. The molecule has 0 atom stereocenters. The smallest absolute Gasteiger partial charge is 0.308 e. The van der Waals surface area contributed by atoms with Crippen LogP contribution in [0.15, 0.2) is 12.1 Å². The van der Waals surface area contributed by atoms with Crippen LogP contribution < -0.4 is 19.5 Å². The number of esters is 4. The highest BCUT2D eigenvalue weighted by atomic mass is 16.6. The SMILES string of the molecule is CCOC(=O)CCCCCNC(=O)c1cc(OC(C)=O)c(OC(C)=O)c(OC(C)=O)c1. The van der Waals surface area contributed by atoms with Crippen LogP contribution in [-0.4, -0.2) is 42.9 Å². The summed E-state index contributed by atoms with van der Waals surface area (Å²) in [5.41, 5.74) is 0.0370. The minimum atomic E-state index is -0.734. The van der Waals surface area contributed by atoms with E-state index in [0.29, 0.717) is 38.8 Å². The van der Waals surface area contributed by atoms with E-state index in [1.165, 1.54) is 12.1 Å². The fraction of sp³-hybridized carbons (Fsp3) is 0.476. The first-order valence-corrected chi connectivity index (χ1v) is 9.81. The summed E-state index contributed by atoms with van der Waals surface area (Å²) >= 11 is 0. The van der Waals surface area contributed by atoms with Gasteiger partial charge in [0, 0.05) is 39.3 Å². The fourth-order valence-corrected chi connectivity index (χ4v) is 2.52. The van der Waals surface area contributed by atoms with Gasteiger partial charge in [0.05, 0.1) is 6.61 Å². The number of benzene rings is 1. The van der Waals surface area contributed by atoms with E-state index in [9.17, 15) is 24.0 Å². The highest BCUT2D eigenvalue weighted by Gasteiger charge is 2.22. The Kier molecular flexibility index (Phi) is 10.7. The van der Waals surface area contributed by atoms with Crippen molar-refractivity contribution in [1.82, 2.24) is 5.32 Å². The molecule has 1 aromatic rings. The fourth-order valence-electron chi connectivity index (χ4n) is 2.52. The van der Waals surface area contributed by atoms with Gasteiger partial charge in [-0.05, 0) is 31.9 Å². The Morgan fingerprint density at radius 3 is 1.84 bits per heavy atom. The van der Waals surface area contributed by atoms with E-state index >= 15 is 0 Å². The minimum absolute atomic E-state index is 0.0370. The number of hydrogen-bond donors (Lipinski definition) is 1. The van der Waals surface area contributed by atoms with Crippen LogP contribution in [0.5, 0.6) is 17.2 Å². The van der Waals surface area contributed by atoms with Crippen molar-refractivity contribution in [1.29, 1.82) is 0 Å². The molecule has 1 N–H and O–H groups in total. The lowest BCUT2D eigenvalue weighted by molar-refractivity contribution is -0.143. The predicted molar refractivity (Wildman–Crippen MR) is 108 cm³/mol. The Balaban J connectivity index is 2.88. The van der Waals surface area contributed by atoms with Crippen LogP contribution >= 0.6 is 0 Å². The Morgan fingerprint density at radius 2 is 1.35 bits per heavy atom. The molecule has 1 rings (SSSR count). The van der Waals surface area contributed by atoms with Gasteiger partial charge >= 0.3 is 23.9 Å². The molecule has 170 valence electrons. The van der Waals surface area contributed by atoms with Crippen molar-refractivity contribution >= 4 is 29.8 Å². The molecule has 0 aliphatic rings. The molecule has 0 bridgehead atoms. The molecule has 0 saturated carbocycles. The van der Waals surface area contributed by atoms with E-state index in [0.717, 1.165) is 20.8 Å². The highest BCUT2D eigenvalue weighted by Crippen LogP contribution is 2.39. The number of unbranched alkanes of at least 4 members (excludes halogenated alkanes) is 2. The van der Waals surface area contributed by atoms with Gasteiger partial charge in [-0.2, -0.15) is 0 Å². The maximum Gasteiger partial charge on any atom is 0.308 e. The molecule has 1 amide bonds. The molecule has 10 nitrogen and oxygen atoms in total. The second-order valence-corrected chi connectivity index (χ2v) is 6.45. The Labute approximate surface area is 180 Å². The van der Waals surface area contributed by atoms with Crippen molar-refractivity contribution in [3.05, 3.63) is 17.7 Å². The molecule has 31 heavy (non-hydrogen) atoms. The summed E-state index contributed by atoms with van der Waals surface area (Å²) in [7, 11) is 0. The number of rotatable bonds is 11. The molecular weight excluding hydrogens is 410 g/mol. The van der Waals surface area contributed by atoms with E-state index < -0.39 is 23.8 Å². The molecule has 0 spiro atoms. The van der Waals surface area contributed by atoms with Crippen LogP contribution in [0, 0.1) is 0 Å². The molecule has 0 unspecified atom stereocenters. The second kappa shape index (κ2) is 13.0. The number of ether oxygens (including phenoxy) is 4. The lowest BCUT2D eigenvalue weighted by Gasteiger charge is -2.15. The predicted octanol–water partition coefficient (Wildman–Crippen LogP) is 2.32. The molecule has 0 aromatic heterocycles. The van der Waals surface area contributed by atoms with Crippen molar-refractivity contribution in [3.8, 4) is 17.2 Å². The normalized spacial score (nSPS) is 10.1. The van der Waals surface area contributed by atoms with Gasteiger partial charge in [-0.25, -0.2) is 0 Å². The summed E-state index contributed by atoms with van der Waals surface area (Å²) in [4.78, 5) is 58.0. The number of carbonyl (C=O) groups excluding carboxylic acids is 5. The lowest BCUT2D eigenvalue weighted by Crippen LogP contribution is -2.25. The number of hydrogen-bond acceptors (Lipinski definition) is 9. The Hall–Kier alpha value is -3.43. The average Bonchev–Trinajstić information content (AvgIpc) is 2.65. The van der Waals surface area contributed by atoms with Crippen molar-refractivity contribution in [3.63, 3.8) is 0 Å². The third kappa shape index (κ3) is 9.75. The summed E-state index contributed by atoms with van der Waals surface area (Å²) < 4.78 is 19.9. The Morgan fingerprint density at radius 1 is 0.806 bits per heavy atom. The van der Waals surface area contributed by atoms with Gasteiger partial charge in [0.1, 0.15) is 0 Å². The molecule has 0 aliphatic carbocycles. The summed E-state index contributed by atoms with van der Waals surface area (Å²) in [5.74, 6) is -3.70. The van der Waals surface area contributed by atoms with Crippen LogP contribution in [0.3, 0.4) is 0 Å². The highest BCUT2D eigenvalue weighted by molar-refractivity contribution is 5.96. The summed E-state index contributed by atoms with van der Waals surface area (Å²) in [6, 6.07) is 2.42. The standard InChI is InChI=1S/C21H27NO9/c1-5-28-19(26)9-7-6-8-10-22-21(27)16-11-17(29-13(2)23)20(31-15(4)25)18(12-16)30-14(3)24/h11-12H,5-10H2,1-4H3,(H,22,27). The average molecular weight is 437 g/mol. The monoisotopic (exact) mass is 437 g/mol. The van der Waals surface area contributed by atoms with Gasteiger partial charge in [-0.15, -0.1) is 0 Å². The van der Waals surface area contributed by atoms with Crippen molar-refractivity contribution in [2.24, 2.45) is 0 Å². The summed E-state index contributed by atoms with van der Waals surface area (Å²) in [6.07, 6.45) is 2.29. The lowest BCUT2D eigenvalue weighted by atomic mass is 10.1. The molecule has 10 heteroatoms. The third-order valence-corrected chi connectivity index (χ3v) is 3.68. The van der Waals surface area contributed by atoms with E-state index in [4.69, 9.17) is 18.9 Å². The first-order chi connectivity index (χ1) is 14.6. The van der Waals surface area contributed by atoms with E-state index in [-0.39, 0.29) is 28.8 Å². The first-order valence-electron chi connectivity index (χ1n) is 9.81. The molecule has 0 aliphatic heterocycles. The summed E-state index contributed by atoms with van der Waals surface area (Å²) in [5, 5.41) is 2.69. The number of amides is 1. The minimum Gasteiger partial charge on any atom is -0.466 e. The van der Waals surface area contributed by atoms with Crippen LogP contribution in [-0.2, 0) is 23.9 Å². The maximum atomic E-state index is 12.5. The quantitative estimate of drug-likeness (QED) is 0.314. The third-order valence-electron chi connectivity index (χ3n) is 3.68. The topological polar surface area (TPSA) is 134 Å². The molecular formula is C21H27NO9. The largest absolute Gasteiger partial charge is 0.466 e. The summed E-state index contributed by atoms with van der Waals surface area (Å²) in [6.45, 7) is 5.80. The molecule has 0 heterocycles. The van der Waals surface area contributed by atoms with Gasteiger partial charge in [-0.1, -0.05) is 6.42 Å². The van der Waals surface area contributed by atoms with E-state index in [1.54, 1.807) is 6.92 Å². The van der Waals surface area contributed by atoms with Crippen molar-refractivity contribution in [2.75, 3.05) is 13.2 Å². The van der Waals surface area contributed by atoms with Gasteiger partial charge in [-0.3, -0.25) is 24.0 Å². The van der Waals surface area contributed by atoms with Gasteiger partial charge in [0.25, 0.3) is 5.91 Å². The van der Waals surface area contributed by atoms with Crippen molar-refractivity contribution < 1.29 is 42.9 Å². The van der Waals surface area contributed by atoms with Crippen LogP contribution in [0.2, 0.25) is 0 Å². The zero-order valence-corrected chi connectivity index (χ0v) is 18.1. The number of carbonyl (C=O) groups is 5. The van der Waals surface area contributed by atoms with Gasteiger partial charge in [0.2, 0.25) is 5.75 Å². The van der Waals surface area contributed by atoms with E-state index in [2.05, 4.69) is 5.32 Å². The first kappa shape index (κ1) is 25.6. The van der Waals surface area contributed by atoms with Gasteiger partial charge in [0.15, 0.2) is 11.5 Å². The molecule has 0 fully saturated rings. The van der Waals surface area contributed by atoms with E-state index in [1.807, 2.05) is 0 Å². The van der Waals surface area contributed by atoms with Gasteiger partial charge < -0.3 is 24.3 Å². The zero-order chi connectivity index (χ0) is 23.4. The Bertz CT molecular complexity index is 795. The molecule has 0 radical (unpaired) electrons. The maximum absolute atomic E-state index is 12.5. The molecule has 1 aromatic carbocycles. The van der Waals surface area contributed by atoms with Crippen LogP contribution in [0.1, 0.15) is 63.7 Å².